The van der Waals surface area contributed by atoms with Gasteiger partial charge in [0, 0.05) is 63.0 Å². The smallest absolute Gasteiger partial charge is 0.371 e. The summed E-state index contributed by atoms with van der Waals surface area (Å²) < 4.78 is 46.7. The highest BCUT2D eigenvalue weighted by Gasteiger charge is 2.45. The van der Waals surface area contributed by atoms with Crippen molar-refractivity contribution >= 4 is 40.3 Å². The number of carbonyl (C=O) groups excluding carboxylic acids is 4. The van der Waals surface area contributed by atoms with E-state index < -0.39 is 42.6 Å². The fourth-order valence-corrected chi connectivity index (χ4v) is 8.77. The van der Waals surface area contributed by atoms with Gasteiger partial charge in [-0.25, -0.2) is 4.98 Å². The normalized spacial score (nSPS) is 21.1. The van der Waals surface area contributed by atoms with E-state index in [-0.39, 0.29) is 42.0 Å². The van der Waals surface area contributed by atoms with Gasteiger partial charge in [-0.05, 0) is 99.1 Å². The number of ether oxygens (including phenoxy) is 1. The van der Waals surface area contributed by atoms with Crippen LogP contribution >= 0.6 is 0 Å². The molecule has 16 heteroatoms. The van der Waals surface area contributed by atoms with E-state index in [9.17, 15) is 37.1 Å². The van der Waals surface area contributed by atoms with Gasteiger partial charge in [0.25, 0.3) is 17.4 Å². The Morgan fingerprint density at radius 3 is 2.39 bits per heavy atom. The number of aromatic nitrogens is 3. The molecular weight excluding hydrogens is 731 g/mol. The number of imide groups is 2. The first-order valence-corrected chi connectivity index (χ1v) is 19.0. The van der Waals surface area contributed by atoms with Gasteiger partial charge in [-0.1, -0.05) is 6.07 Å². The van der Waals surface area contributed by atoms with Crippen molar-refractivity contribution < 1.29 is 37.1 Å². The molecule has 0 aliphatic carbocycles. The van der Waals surface area contributed by atoms with Crippen LogP contribution in [-0.2, 0) is 27.9 Å². The average molecular weight is 774 g/mol. The Balaban J connectivity index is 0.924. The number of pyridine rings is 1. The molecule has 294 valence electrons. The zero-order valence-electron chi connectivity index (χ0n) is 31.1. The summed E-state index contributed by atoms with van der Waals surface area (Å²) in [6.45, 7) is 5.21. The van der Waals surface area contributed by atoms with Crippen molar-refractivity contribution in [2.24, 2.45) is 13.0 Å². The summed E-state index contributed by atoms with van der Waals surface area (Å²) in [7, 11) is 1.69. The molecule has 0 spiro atoms. The molecule has 13 nitrogen and oxygen atoms in total. The molecule has 8 rings (SSSR count). The minimum Gasteiger partial charge on any atom is -0.371 e. The third-order valence-corrected chi connectivity index (χ3v) is 11.6. The van der Waals surface area contributed by atoms with Crippen LogP contribution in [-0.4, -0.2) is 99.3 Å². The van der Waals surface area contributed by atoms with Crippen molar-refractivity contribution in [3.05, 3.63) is 81.5 Å². The second kappa shape index (κ2) is 14.6. The Morgan fingerprint density at radius 2 is 1.66 bits per heavy atom. The zero-order chi connectivity index (χ0) is 39.5. The maximum atomic E-state index is 13.4. The number of piperidine rings is 2. The molecular formula is C40H42F3N7O6. The summed E-state index contributed by atoms with van der Waals surface area (Å²) in [5.74, 6) is -0.967. The number of hydrogen-bond donors (Lipinski definition) is 1. The Bertz CT molecular complexity index is 2290. The van der Waals surface area contributed by atoms with Gasteiger partial charge in [-0.2, -0.15) is 0 Å². The number of likely N-dealkylation sites (tertiary alicyclic amines) is 1. The monoisotopic (exact) mass is 773 g/mol. The summed E-state index contributed by atoms with van der Waals surface area (Å²) in [4.78, 5) is 73.5. The van der Waals surface area contributed by atoms with E-state index in [1.165, 1.54) is 4.57 Å². The van der Waals surface area contributed by atoms with Crippen molar-refractivity contribution in [1.29, 1.82) is 0 Å². The van der Waals surface area contributed by atoms with Gasteiger partial charge in [0.2, 0.25) is 11.8 Å². The molecule has 6 heterocycles. The largest absolute Gasteiger partial charge is 0.522 e. The quantitative estimate of drug-likeness (QED) is 0.246. The molecule has 2 aromatic heterocycles. The lowest BCUT2D eigenvalue weighted by Crippen LogP contribution is -2.54. The number of anilines is 1. The van der Waals surface area contributed by atoms with Crippen LogP contribution in [0.4, 0.5) is 18.9 Å². The lowest BCUT2D eigenvalue weighted by Gasteiger charge is -2.33. The molecule has 3 saturated heterocycles. The summed E-state index contributed by atoms with van der Waals surface area (Å²) >= 11 is 0. The first-order chi connectivity index (χ1) is 26.7. The van der Waals surface area contributed by atoms with Gasteiger partial charge < -0.3 is 18.9 Å². The average Bonchev–Trinajstić information content (AvgIpc) is 3.84. The van der Waals surface area contributed by atoms with E-state index >= 15 is 0 Å². The second-order valence-electron chi connectivity index (χ2n) is 15.3. The highest BCUT2D eigenvalue weighted by molar-refractivity contribution is 6.23. The van der Waals surface area contributed by atoms with Gasteiger partial charge in [-0.15, -0.1) is 13.2 Å². The third-order valence-electron chi connectivity index (χ3n) is 11.6. The van der Waals surface area contributed by atoms with Crippen molar-refractivity contribution in [2.75, 3.05) is 44.2 Å². The Kier molecular flexibility index (Phi) is 9.81. The zero-order valence-corrected chi connectivity index (χ0v) is 31.1. The van der Waals surface area contributed by atoms with Crippen LogP contribution in [0, 0.1) is 12.8 Å². The molecule has 2 aromatic carbocycles. The topological polar surface area (TPSA) is 139 Å². The molecule has 1 N–H and O–H groups in total. The Labute approximate surface area is 320 Å². The van der Waals surface area contributed by atoms with E-state index in [1.807, 2.05) is 34.9 Å². The van der Waals surface area contributed by atoms with Gasteiger partial charge in [0.1, 0.15) is 11.9 Å². The van der Waals surface area contributed by atoms with Crippen molar-refractivity contribution in [2.45, 2.75) is 63.9 Å². The summed E-state index contributed by atoms with van der Waals surface area (Å²) in [5.41, 5.74) is 4.89. The first kappa shape index (κ1) is 37.6. The number of imidazole rings is 1. The number of nitrogens with one attached hydrogen (secondary N) is 1. The molecule has 4 aliphatic rings. The van der Waals surface area contributed by atoms with Crippen molar-refractivity contribution in [3.63, 3.8) is 0 Å². The standard InChI is InChI=1S/C40H42F3N7O6/c1-23-17-27(22-46(2)37(23)53)26-3-6-31-33(18-26)49(15-16-56-40(41,42)43)35(44-31)25-10-12-47(13-11-25)20-24-9-14-48(21-24)28-4-5-29-30(19-28)39(55)50(38(29)54)32-7-8-34(51)45-36(32)52/h3-6,17-19,22,24-25,32H,7-16,20-21H2,1-2H3,(H,45,51,52)/t24-,32?/m1/s1. The number of halogens is 3. The molecule has 1 unspecified atom stereocenters. The van der Waals surface area contributed by atoms with Gasteiger partial charge >= 0.3 is 6.36 Å². The van der Waals surface area contributed by atoms with Crippen LogP contribution in [0.5, 0.6) is 0 Å². The Hall–Kier alpha value is -5.35. The van der Waals surface area contributed by atoms with Gasteiger partial charge in [0.15, 0.2) is 0 Å². The molecule has 0 radical (unpaired) electrons. The van der Waals surface area contributed by atoms with Crippen LogP contribution in [0.3, 0.4) is 0 Å². The van der Waals surface area contributed by atoms with E-state index in [4.69, 9.17) is 4.98 Å². The molecule has 0 saturated carbocycles. The number of rotatable bonds is 9. The molecule has 2 atom stereocenters. The molecule has 4 amide bonds. The highest BCUT2D eigenvalue weighted by Crippen LogP contribution is 2.35. The fraction of sp³-hybridized carbons (Fsp3) is 0.450. The van der Waals surface area contributed by atoms with Crippen LogP contribution < -0.4 is 15.8 Å². The van der Waals surface area contributed by atoms with Crippen molar-refractivity contribution in [3.8, 4) is 11.1 Å². The van der Waals surface area contributed by atoms with Crippen LogP contribution in [0.25, 0.3) is 22.2 Å². The Morgan fingerprint density at radius 1 is 0.893 bits per heavy atom. The van der Waals surface area contributed by atoms with Gasteiger partial charge in [0.05, 0.1) is 28.8 Å². The number of nitrogens with zero attached hydrogens (tertiary/aromatic N) is 6. The number of aryl methyl sites for hydroxylation is 2. The molecule has 56 heavy (non-hydrogen) atoms. The second-order valence-corrected chi connectivity index (χ2v) is 15.3. The molecule has 4 aliphatic heterocycles. The number of benzene rings is 2. The number of amides is 4. The predicted molar refractivity (Wildman–Crippen MR) is 199 cm³/mol. The minimum atomic E-state index is -4.74. The van der Waals surface area contributed by atoms with Crippen LogP contribution in [0.1, 0.15) is 70.1 Å². The number of fused-ring (bicyclic) bond motifs is 2. The SMILES string of the molecule is Cc1cc(-c2ccc3nc(C4CCN(C[C@H]5CCN(c6ccc7c(c6)C(=O)N(C6CCC(=O)NC6=O)C7=O)C5)CC4)n(CCOC(F)(F)F)c3c2)cn(C)c1=O. The van der Waals surface area contributed by atoms with Gasteiger partial charge in [-0.3, -0.25) is 38.9 Å². The molecule has 3 fully saturated rings. The third kappa shape index (κ3) is 7.22. The summed E-state index contributed by atoms with van der Waals surface area (Å²) in [6, 6.07) is 11.7. The van der Waals surface area contributed by atoms with Crippen LogP contribution in [0.15, 0.2) is 53.5 Å². The first-order valence-electron chi connectivity index (χ1n) is 19.0. The lowest BCUT2D eigenvalue weighted by molar-refractivity contribution is -0.325. The van der Waals surface area contributed by atoms with E-state index in [0.29, 0.717) is 22.5 Å². The maximum absolute atomic E-state index is 13.4. The van der Waals surface area contributed by atoms with E-state index in [2.05, 4.69) is 19.9 Å². The van der Waals surface area contributed by atoms with E-state index in [0.717, 1.165) is 79.5 Å². The summed E-state index contributed by atoms with van der Waals surface area (Å²) in [6.07, 6.45) is -0.312. The summed E-state index contributed by atoms with van der Waals surface area (Å²) in [5, 5.41) is 2.22. The number of hydrogen-bond acceptors (Lipinski definition) is 9. The highest BCUT2D eigenvalue weighted by atomic mass is 19.4. The lowest BCUT2D eigenvalue weighted by atomic mass is 9.95. The number of alkyl halides is 3. The maximum Gasteiger partial charge on any atom is 0.522 e. The van der Waals surface area contributed by atoms with E-state index in [1.54, 1.807) is 32.3 Å². The molecule has 0 bridgehead atoms. The van der Waals surface area contributed by atoms with Crippen molar-refractivity contribution in [1.82, 2.24) is 29.2 Å². The number of carbonyl (C=O) groups is 4. The predicted octanol–water partition coefficient (Wildman–Crippen LogP) is 4.35. The minimum absolute atomic E-state index is 0.0172. The van der Waals surface area contributed by atoms with Crippen LogP contribution in [0.2, 0.25) is 0 Å². The fourth-order valence-electron chi connectivity index (χ4n) is 8.77. The molecule has 4 aromatic rings.